The Labute approximate surface area is 171 Å². The molecule has 2 aromatic carbocycles. The second kappa shape index (κ2) is 8.98. The van der Waals surface area contributed by atoms with E-state index < -0.39 is 17.3 Å². The highest BCUT2D eigenvalue weighted by molar-refractivity contribution is 6.30. The molecule has 1 heterocycles. The first-order chi connectivity index (χ1) is 13.9. The highest BCUT2D eigenvalue weighted by Crippen LogP contribution is 2.21. The molecule has 0 saturated heterocycles. The number of nitrogens with one attached hydrogen (secondary N) is 1. The summed E-state index contributed by atoms with van der Waals surface area (Å²) in [7, 11) is 0. The standard InChI is InChI=1S/C21H19ClFN3O3/c1-13-18(9-10-27)21(29)26(20(24-13)14-3-2-4-15(22)11-14)12-19(28)25-17-7-5-16(23)6-8-17/h2-8,11,27H,9-10,12H2,1H3,(H,25,28). The Bertz CT molecular complexity index is 1100. The zero-order chi connectivity index (χ0) is 21.0. The van der Waals surface area contributed by atoms with Gasteiger partial charge in [0.05, 0.1) is 0 Å². The fraction of sp³-hybridized carbons (Fsp3) is 0.190. The van der Waals surface area contributed by atoms with E-state index in [1.165, 1.54) is 28.8 Å². The van der Waals surface area contributed by atoms with Crippen molar-refractivity contribution in [2.24, 2.45) is 0 Å². The molecule has 0 aliphatic rings. The molecule has 150 valence electrons. The van der Waals surface area contributed by atoms with Gasteiger partial charge in [0.2, 0.25) is 5.91 Å². The second-order valence-corrected chi connectivity index (χ2v) is 6.87. The number of aliphatic hydroxyl groups excluding tert-OH is 1. The zero-order valence-electron chi connectivity index (χ0n) is 15.7. The third kappa shape index (κ3) is 4.88. The Morgan fingerprint density at radius 3 is 2.62 bits per heavy atom. The molecule has 0 saturated carbocycles. The summed E-state index contributed by atoms with van der Waals surface area (Å²) >= 11 is 6.08. The van der Waals surface area contributed by atoms with Gasteiger partial charge in [0.15, 0.2) is 0 Å². The summed E-state index contributed by atoms with van der Waals surface area (Å²) < 4.78 is 14.3. The smallest absolute Gasteiger partial charge is 0.257 e. The van der Waals surface area contributed by atoms with Gasteiger partial charge < -0.3 is 10.4 Å². The summed E-state index contributed by atoms with van der Waals surface area (Å²) in [5.74, 6) is -0.590. The van der Waals surface area contributed by atoms with Crippen LogP contribution in [0.15, 0.2) is 53.3 Å². The number of hydrogen-bond donors (Lipinski definition) is 2. The van der Waals surface area contributed by atoms with E-state index in [0.29, 0.717) is 33.4 Å². The molecule has 0 unspecified atom stereocenters. The van der Waals surface area contributed by atoms with Gasteiger partial charge in [0.1, 0.15) is 18.2 Å². The minimum absolute atomic E-state index is 0.132. The Morgan fingerprint density at radius 1 is 1.24 bits per heavy atom. The average molecular weight is 416 g/mol. The molecule has 0 atom stereocenters. The van der Waals surface area contributed by atoms with Crippen molar-refractivity contribution in [1.29, 1.82) is 0 Å². The van der Waals surface area contributed by atoms with Crippen molar-refractivity contribution in [3.05, 3.63) is 81.0 Å². The summed E-state index contributed by atoms with van der Waals surface area (Å²) in [6.07, 6.45) is 0.132. The summed E-state index contributed by atoms with van der Waals surface area (Å²) in [5.41, 5.74) is 1.41. The lowest BCUT2D eigenvalue weighted by Crippen LogP contribution is -2.33. The molecule has 0 radical (unpaired) electrons. The fourth-order valence-electron chi connectivity index (χ4n) is 2.97. The summed E-state index contributed by atoms with van der Waals surface area (Å²) in [5, 5.41) is 12.4. The van der Waals surface area contributed by atoms with Crippen molar-refractivity contribution in [3.8, 4) is 11.4 Å². The van der Waals surface area contributed by atoms with Crippen molar-refractivity contribution < 1.29 is 14.3 Å². The third-order valence-corrected chi connectivity index (χ3v) is 4.58. The first-order valence-corrected chi connectivity index (χ1v) is 9.29. The van der Waals surface area contributed by atoms with Crippen LogP contribution < -0.4 is 10.9 Å². The number of aryl methyl sites for hydroxylation is 1. The lowest BCUT2D eigenvalue weighted by molar-refractivity contribution is -0.116. The van der Waals surface area contributed by atoms with Gasteiger partial charge in [-0.05, 0) is 43.3 Å². The molecular weight excluding hydrogens is 397 g/mol. The highest BCUT2D eigenvalue weighted by Gasteiger charge is 2.18. The molecule has 0 aliphatic heterocycles. The Balaban J connectivity index is 2.02. The quantitative estimate of drug-likeness (QED) is 0.647. The number of carbonyl (C=O) groups excluding carboxylic acids is 1. The monoisotopic (exact) mass is 415 g/mol. The van der Waals surface area contributed by atoms with Crippen LogP contribution in [-0.2, 0) is 17.8 Å². The number of benzene rings is 2. The van der Waals surface area contributed by atoms with Crippen LogP contribution >= 0.6 is 11.6 Å². The molecule has 8 heteroatoms. The van der Waals surface area contributed by atoms with Crippen LogP contribution in [0.2, 0.25) is 5.02 Å². The van der Waals surface area contributed by atoms with E-state index >= 15 is 0 Å². The first-order valence-electron chi connectivity index (χ1n) is 8.91. The summed E-state index contributed by atoms with van der Waals surface area (Å²) in [6, 6.07) is 12.1. The van der Waals surface area contributed by atoms with E-state index in [-0.39, 0.29) is 19.6 Å². The molecule has 1 amide bonds. The minimum Gasteiger partial charge on any atom is -0.396 e. The van der Waals surface area contributed by atoms with Crippen molar-refractivity contribution in [2.45, 2.75) is 19.9 Å². The second-order valence-electron chi connectivity index (χ2n) is 6.43. The Hall–Kier alpha value is -3.03. The van der Waals surface area contributed by atoms with Gasteiger partial charge >= 0.3 is 0 Å². The van der Waals surface area contributed by atoms with Crippen LogP contribution in [-0.4, -0.2) is 27.2 Å². The van der Waals surface area contributed by atoms with E-state index in [0.717, 1.165) is 0 Å². The number of hydrogen-bond acceptors (Lipinski definition) is 4. The average Bonchev–Trinajstić information content (AvgIpc) is 2.69. The lowest BCUT2D eigenvalue weighted by atomic mass is 10.1. The summed E-state index contributed by atoms with van der Waals surface area (Å²) in [6.45, 7) is 1.17. The summed E-state index contributed by atoms with van der Waals surface area (Å²) in [4.78, 5) is 30.1. The van der Waals surface area contributed by atoms with Gasteiger partial charge in [0, 0.05) is 40.6 Å². The highest BCUT2D eigenvalue weighted by atomic mass is 35.5. The molecule has 1 aromatic heterocycles. The maximum atomic E-state index is 13.1. The number of aromatic nitrogens is 2. The van der Waals surface area contributed by atoms with Crippen LogP contribution in [0.25, 0.3) is 11.4 Å². The maximum absolute atomic E-state index is 13.1. The van der Waals surface area contributed by atoms with Crippen molar-refractivity contribution >= 4 is 23.2 Å². The van der Waals surface area contributed by atoms with E-state index in [1.807, 2.05) is 0 Å². The fourth-order valence-corrected chi connectivity index (χ4v) is 3.16. The van der Waals surface area contributed by atoms with E-state index in [9.17, 15) is 19.1 Å². The van der Waals surface area contributed by atoms with Crippen molar-refractivity contribution in [3.63, 3.8) is 0 Å². The predicted octanol–water partition coefficient (Wildman–Crippen LogP) is 3.18. The minimum atomic E-state index is -0.470. The van der Waals surface area contributed by atoms with Gasteiger partial charge in [-0.15, -0.1) is 0 Å². The molecule has 3 rings (SSSR count). The molecule has 0 bridgehead atoms. The maximum Gasteiger partial charge on any atom is 0.257 e. The van der Waals surface area contributed by atoms with Crippen molar-refractivity contribution in [1.82, 2.24) is 9.55 Å². The number of carbonyl (C=O) groups is 1. The number of anilines is 1. The molecule has 0 aliphatic carbocycles. The number of aliphatic hydroxyl groups is 1. The Kier molecular flexibility index (Phi) is 6.41. The largest absolute Gasteiger partial charge is 0.396 e. The molecular formula is C21H19ClFN3O3. The molecule has 29 heavy (non-hydrogen) atoms. The normalized spacial score (nSPS) is 10.8. The van der Waals surface area contributed by atoms with Gasteiger partial charge in [-0.1, -0.05) is 23.7 Å². The van der Waals surface area contributed by atoms with Crippen LogP contribution in [0.3, 0.4) is 0 Å². The lowest BCUT2D eigenvalue weighted by Gasteiger charge is -2.16. The van der Waals surface area contributed by atoms with Gasteiger partial charge in [-0.3, -0.25) is 14.2 Å². The SMILES string of the molecule is Cc1nc(-c2cccc(Cl)c2)n(CC(=O)Nc2ccc(F)cc2)c(=O)c1CCO. The molecule has 0 spiro atoms. The van der Waals surface area contributed by atoms with Gasteiger partial charge in [-0.2, -0.15) is 0 Å². The van der Waals surface area contributed by atoms with E-state index in [4.69, 9.17) is 11.6 Å². The van der Waals surface area contributed by atoms with Crippen molar-refractivity contribution in [2.75, 3.05) is 11.9 Å². The predicted molar refractivity (Wildman–Crippen MR) is 109 cm³/mol. The first kappa shape index (κ1) is 20.7. The van der Waals surface area contributed by atoms with Crippen LogP contribution in [0.4, 0.5) is 10.1 Å². The van der Waals surface area contributed by atoms with Crippen LogP contribution in [0.1, 0.15) is 11.3 Å². The molecule has 6 nitrogen and oxygen atoms in total. The van der Waals surface area contributed by atoms with Gasteiger partial charge in [0.25, 0.3) is 5.56 Å². The Morgan fingerprint density at radius 2 is 1.97 bits per heavy atom. The number of amides is 1. The number of nitrogens with zero attached hydrogens (tertiary/aromatic N) is 2. The van der Waals surface area contributed by atoms with Crippen LogP contribution in [0, 0.1) is 12.7 Å². The zero-order valence-corrected chi connectivity index (χ0v) is 16.4. The number of halogens is 2. The van der Waals surface area contributed by atoms with Gasteiger partial charge in [-0.25, -0.2) is 9.37 Å². The third-order valence-electron chi connectivity index (χ3n) is 4.34. The van der Waals surface area contributed by atoms with E-state index in [1.54, 1.807) is 31.2 Å². The molecule has 3 aromatic rings. The van der Waals surface area contributed by atoms with E-state index in [2.05, 4.69) is 10.3 Å². The molecule has 2 N–H and O–H groups in total. The topological polar surface area (TPSA) is 84.2 Å². The number of rotatable bonds is 6. The van der Waals surface area contributed by atoms with Crippen LogP contribution in [0.5, 0.6) is 0 Å². The molecule has 0 fully saturated rings.